The van der Waals surface area contributed by atoms with E-state index in [4.69, 9.17) is 4.42 Å². The Morgan fingerprint density at radius 2 is 2.00 bits per heavy atom. The number of aromatic amines is 1. The number of rotatable bonds is 6. The third kappa shape index (κ3) is 2.97. The molecule has 0 aliphatic carbocycles. The normalized spacial score (nSPS) is 12.0. The van der Waals surface area contributed by atoms with Gasteiger partial charge in [-0.15, -0.1) is 0 Å². The maximum atomic E-state index is 14.6. The zero-order chi connectivity index (χ0) is 20.6. The first-order chi connectivity index (χ1) is 14.0. The quantitative estimate of drug-likeness (QED) is 0.517. The minimum Gasteiger partial charge on any atom is -0.448 e. The number of nitrogens with one attached hydrogen (secondary N) is 1. The van der Waals surface area contributed by atoms with Crippen molar-refractivity contribution in [3.8, 4) is 11.3 Å². The van der Waals surface area contributed by atoms with Crippen molar-refractivity contribution in [2.45, 2.75) is 45.6 Å². The van der Waals surface area contributed by atoms with Gasteiger partial charge in [0.1, 0.15) is 12.1 Å². The number of hydrogen-bond donors (Lipinski definition) is 1. The number of H-pyrrole nitrogens is 1. The number of pyridine rings is 1. The van der Waals surface area contributed by atoms with Crippen molar-refractivity contribution in [2.75, 3.05) is 0 Å². The summed E-state index contributed by atoms with van der Waals surface area (Å²) in [7, 11) is 0. The minimum absolute atomic E-state index is 0.228. The van der Waals surface area contributed by atoms with Gasteiger partial charge in [0.15, 0.2) is 0 Å². The summed E-state index contributed by atoms with van der Waals surface area (Å²) in [6.45, 7) is 6.60. The van der Waals surface area contributed by atoms with Crippen LogP contribution in [-0.2, 0) is 12.0 Å². The van der Waals surface area contributed by atoms with Crippen LogP contribution in [0.3, 0.4) is 0 Å². The maximum absolute atomic E-state index is 14.6. The molecule has 0 spiro atoms. The third-order valence-electron chi connectivity index (χ3n) is 5.80. The lowest BCUT2D eigenvalue weighted by Crippen LogP contribution is -2.33. The van der Waals surface area contributed by atoms with Gasteiger partial charge in [0, 0.05) is 23.4 Å². The summed E-state index contributed by atoms with van der Waals surface area (Å²) in [6.07, 6.45) is 5.97. The highest BCUT2D eigenvalue weighted by Gasteiger charge is 2.37. The average molecular weight is 394 g/mol. The summed E-state index contributed by atoms with van der Waals surface area (Å²) in [5, 5.41) is 4.68. The minimum atomic E-state index is -0.606. The Balaban J connectivity index is 1.84. The largest absolute Gasteiger partial charge is 0.448 e. The van der Waals surface area contributed by atoms with E-state index in [1.165, 1.54) is 18.5 Å². The third-order valence-corrected chi connectivity index (χ3v) is 5.80. The molecule has 0 amide bonds. The maximum Gasteiger partial charge on any atom is 0.252 e. The molecule has 150 valence electrons. The first-order valence-electron chi connectivity index (χ1n) is 9.83. The van der Waals surface area contributed by atoms with Gasteiger partial charge in [-0.3, -0.25) is 9.48 Å². The first kappa shape index (κ1) is 19.1. The number of aromatic nitrogens is 4. The van der Waals surface area contributed by atoms with Crippen molar-refractivity contribution in [2.24, 2.45) is 0 Å². The second kappa shape index (κ2) is 7.31. The molecule has 7 heteroatoms. The number of fused-ring (bicyclic) bond motifs is 1. The topological polar surface area (TPSA) is 76.7 Å². The fourth-order valence-electron chi connectivity index (χ4n) is 4.07. The molecule has 6 nitrogen and oxygen atoms in total. The zero-order valence-corrected chi connectivity index (χ0v) is 16.7. The van der Waals surface area contributed by atoms with Crippen LogP contribution in [0.25, 0.3) is 22.2 Å². The molecule has 0 aliphatic rings. The lowest BCUT2D eigenvalue weighted by molar-refractivity contribution is 0.347. The fraction of sp³-hybridized carbons (Fsp3) is 0.318. The standard InChI is InChI=1S/C22H23FN4O2/c1-4-22(5-2,21-24-9-10-29-21)16-7-8-18(26-20(16)28)14-11-17(23)15-13-25-27(6-3)19(15)12-14/h7-13H,4-6H2,1-3H3,(H,26,28). The van der Waals surface area contributed by atoms with Crippen LogP contribution >= 0.6 is 0 Å². The van der Waals surface area contributed by atoms with Crippen molar-refractivity contribution in [3.63, 3.8) is 0 Å². The molecule has 0 bridgehead atoms. The molecule has 3 aromatic heterocycles. The summed E-state index contributed by atoms with van der Waals surface area (Å²) in [6, 6.07) is 6.88. The summed E-state index contributed by atoms with van der Waals surface area (Å²) >= 11 is 0. The van der Waals surface area contributed by atoms with Crippen molar-refractivity contribution >= 4 is 10.9 Å². The summed E-state index contributed by atoms with van der Waals surface area (Å²) < 4.78 is 21.9. The average Bonchev–Trinajstić information content (AvgIpc) is 3.40. The highest BCUT2D eigenvalue weighted by molar-refractivity contribution is 5.84. The predicted octanol–water partition coefficient (Wildman–Crippen LogP) is 4.64. The molecule has 1 N–H and O–H groups in total. The number of hydrogen-bond acceptors (Lipinski definition) is 4. The molecule has 0 fully saturated rings. The predicted molar refractivity (Wildman–Crippen MR) is 109 cm³/mol. The molecule has 0 atom stereocenters. The van der Waals surface area contributed by atoms with Gasteiger partial charge in [-0.2, -0.15) is 5.10 Å². The van der Waals surface area contributed by atoms with Gasteiger partial charge in [0.05, 0.1) is 28.7 Å². The Morgan fingerprint density at radius 1 is 1.21 bits per heavy atom. The van der Waals surface area contributed by atoms with Gasteiger partial charge in [-0.05, 0) is 38.0 Å². The van der Waals surface area contributed by atoms with Gasteiger partial charge < -0.3 is 9.40 Å². The van der Waals surface area contributed by atoms with Crippen LogP contribution in [-0.4, -0.2) is 19.7 Å². The Morgan fingerprint density at radius 3 is 2.62 bits per heavy atom. The Kier molecular flexibility index (Phi) is 4.82. The van der Waals surface area contributed by atoms with E-state index < -0.39 is 5.41 Å². The van der Waals surface area contributed by atoms with Crippen molar-refractivity contribution < 1.29 is 8.81 Å². The summed E-state index contributed by atoms with van der Waals surface area (Å²) in [4.78, 5) is 20.3. The SMILES string of the molecule is CCn1ncc2c(F)cc(-c3ccc(C(CC)(CC)c4ncco4)c(=O)[nH]3)cc21. The van der Waals surface area contributed by atoms with Gasteiger partial charge in [0.2, 0.25) is 5.89 Å². The van der Waals surface area contributed by atoms with Gasteiger partial charge >= 0.3 is 0 Å². The second-order valence-electron chi connectivity index (χ2n) is 7.09. The van der Waals surface area contributed by atoms with Gasteiger partial charge in [-0.1, -0.05) is 19.9 Å². The second-order valence-corrected chi connectivity index (χ2v) is 7.09. The van der Waals surface area contributed by atoms with E-state index in [-0.39, 0.29) is 11.4 Å². The lowest BCUT2D eigenvalue weighted by Gasteiger charge is -2.28. The summed E-state index contributed by atoms with van der Waals surface area (Å²) in [5.74, 6) is 0.165. The van der Waals surface area contributed by atoms with E-state index in [2.05, 4.69) is 15.1 Å². The van der Waals surface area contributed by atoms with Crippen molar-refractivity contribution in [1.82, 2.24) is 19.7 Å². The molecule has 3 heterocycles. The lowest BCUT2D eigenvalue weighted by atomic mass is 9.76. The zero-order valence-electron chi connectivity index (χ0n) is 16.7. The van der Waals surface area contributed by atoms with Crippen LogP contribution in [0.1, 0.15) is 45.1 Å². The number of halogens is 1. The van der Waals surface area contributed by atoms with Crippen LogP contribution in [0.4, 0.5) is 4.39 Å². The number of aryl methyl sites for hydroxylation is 1. The number of nitrogens with zero attached hydrogens (tertiary/aromatic N) is 3. The molecule has 0 radical (unpaired) electrons. The van der Waals surface area contributed by atoms with Crippen molar-refractivity contribution in [1.29, 1.82) is 0 Å². The molecule has 0 aliphatic heterocycles. The van der Waals surface area contributed by atoms with Crippen LogP contribution in [0, 0.1) is 5.82 Å². The van der Waals surface area contributed by atoms with Crippen LogP contribution in [0.5, 0.6) is 0 Å². The van der Waals surface area contributed by atoms with Crippen LogP contribution in [0.15, 0.2) is 52.1 Å². The van der Waals surface area contributed by atoms with Crippen LogP contribution in [0.2, 0.25) is 0 Å². The van der Waals surface area contributed by atoms with E-state index in [9.17, 15) is 9.18 Å². The van der Waals surface area contributed by atoms with E-state index in [1.807, 2.05) is 32.9 Å². The van der Waals surface area contributed by atoms with Gasteiger partial charge in [0.25, 0.3) is 5.56 Å². The molecule has 0 saturated carbocycles. The van der Waals surface area contributed by atoms with Crippen LogP contribution < -0.4 is 5.56 Å². The molecule has 29 heavy (non-hydrogen) atoms. The molecule has 4 aromatic rings. The molecular formula is C22H23FN4O2. The van der Waals surface area contributed by atoms with Crippen molar-refractivity contribution in [3.05, 3.63) is 70.5 Å². The molecule has 0 unspecified atom stereocenters. The Bertz CT molecular complexity index is 1200. The number of benzene rings is 1. The van der Waals surface area contributed by atoms with Gasteiger partial charge in [-0.25, -0.2) is 9.37 Å². The Hall–Kier alpha value is -3.22. The van der Waals surface area contributed by atoms with E-state index in [1.54, 1.807) is 16.9 Å². The molecule has 1 aromatic carbocycles. The molecule has 0 saturated heterocycles. The molecular weight excluding hydrogens is 371 g/mol. The smallest absolute Gasteiger partial charge is 0.252 e. The van der Waals surface area contributed by atoms with E-state index >= 15 is 0 Å². The number of oxazole rings is 1. The highest BCUT2D eigenvalue weighted by Crippen LogP contribution is 2.36. The highest BCUT2D eigenvalue weighted by atomic mass is 19.1. The summed E-state index contributed by atoms with van der Waals surface area (Å²) in [5.41, 5.74) is 1.61. The van der Waals surface area contributed by atoms with E-state index in [0.29, 0.717) is 53.0 Å². The Labute approximate surface area is 167 Å². The fourth-order valence-corrected chi connectivity index (χ4v) is 4.07. The first-order valence-corrected chi connectivity index (χ1v) is 9.83. The van der Waals surface area contributed by atoms with E-state index in [0.717, 1.165) is 0 Å². The molecule has 4 rings (SSSR count). The monoisotopic (exact) mass is 394 g/mol.